The minimum Gasteiger partial charge on any atom is -0.356 e. The number of allylic oxidation sites excluding steroid dienone is 2. The summed E-state index contributed by atoms with van der Waals surface area (Å²) < 4.78 is 1.20. The number of hydrogen-bond acceptors (Lipinski definition) is 3. The fourth-order valence-electron chi connectivity index (χ4n) is 3.04. The molecule has 0 saturated carbocycles. The van der Waals surface area contributed by atoms with Crippen molar-refractivity contribution in [1.82, 2.24) is 10.3 Å². The number of fused-ring (bicyclic) bond motifs is 1. The first-order chi connectivity index (χ1) is 11.1. The Bertz CT molecular complexity index is 671. The summed E-state index contributed by atoms with van der Waals surface area (Å²) >= 11 is 1.73. The lowest BCUT2D eigenvalue weighted by Gasteiger charge is -2.26. The molecule has 0 aliphatic heterocycles. The quantitative estimate of drug-likeness (QED) is 0.821. The van der Waals surface area contributed by atoms with Gasteiger partial charge >= 0.3 is 0 Å². The van der Waals surface area contributed by atoms with Gasteiger partial charge in [0.1, 0.15) is 0 Å². The van der Waals surface area contributed by atoms with Crippen molar-refractivity contribution in [2.45, 2.75) is 39.0 Å². The van der Waals surface area contributed by atoms with E-state index >= 15 is 0 Å². The van der Waals surface area contributed by atoms with Crippen LogP contribution in [0.4, 0.5) is 0 Å². The molecule has 4 heteroatoms. The number of aromatic nitrogens is 1. The largest absolute Gasteiger partial charge is 0.356 e. The Morgan fingerprint density at radius 2 is 2.09 bits per heavy atom. The van der Waals surface area contributed by atoms with Gasteiger partial charge in [0.15, 0.2) is 0 Å². The summed E-state index contributed by atoms with van der Waals surface area (Å²) in [5.74, 6) is 1.00. The monoisotopic (exact) mass is 328 g/mol. The predicted octanol–water partition coefficient (Wildman–Crippen LogP) is 4.51. The van der Waals surface area contributed by atoms with Gasteiger partial charge in [0.05, 0.1) is 21.1 Å². The highest BCUT2D eigenvalue weighted by atomic mass is 32.1. The standard InChI is InChI=1S/C19H24N2OS/c1-13(2)11-12-20-18(22)14-7-3-4-8-15(14)19-21-16-9-5-6-10-17(16)23-19/h3-6,9-10,13-15H,7-8,11-12H2,1-2H3,(H,20,22). The third-order valence-corrected chi connectivity index (χ3v) is 5.59. The van der Waals surface area contributed by atoms with Crippen LogP contribution in [0.5, 0.6) is 0 Å². The van der Waals surface area contributed by atoms with Gasteiger partial charge in [-0.25, -0.2) is 4.98 Å². The number of nitrogens with one attached hydrogen (secondary N) is 1. The first-order valence-electron chi connectivity index (χ1n) is 8.43. The van der Waals surface area contributed by atoms with Crippen molar-refractivity contribution in [3.05, 3.63) is 41.4 Å². The molecule has 1 heterocycles. The second-order valence-electron chi connectivity index (χ2n) is 6.65. The predicted molar refractivity (Wildman–Crippen MR) is 96.7 cm³/mol. The highest BCUT2D eigenvalue weighted by molar-refractivity contribution is 7.18. The van der Waals surface area contributed by atoms with E-state index in [2.05, 4.69) is 37.4 Å². The van der Waals surface area contributed by atoms with Crippen molar-refractivity contribution in [2.75, 3.05) is 6.54 Å². The zero-order valence-corrected chi connectivity index (χ0v) is 14.6. The lowest BCUT2D eigenvalue weighted by Crippen LogP contribution is -2.35. The third kappa shape index (κ3) is 3.81. The minimum absolute atomic E-state index is 0.00715. The van der Waals surface area contributed by atoms with E-state index in [-0.39, 0.29) is 17.7 Å². The van der Waals surface area contributed by atoms with Crippen molar-refractivity contribution in [2.24, 2.45) is 11.8 Å². The fourth-order valence-corrected chi connectivity index (χ4v) is 4.19. The number of rotatable bonds is 5. The molecular weight excluding hydrogens is 304 g/mol. The Hall–Kier alpha value is -1.68. The number of thiazole rings is 1. The van der Waals surface area contributed by atoms with Gasteiger partial charge in [0.2, 0.25) is 5.91 Å². The second kappa shape index (κ2) is 7.26. The normalized spacial score (nSPS) is 21.0. The Morgan fingerprint density at radius 1 is 1.30 bits per heavy atom. The molecule has 0 spiro atoms. The molecule has 3 rings (SSSR count). The second-order valence-corrected chi connectivity index (χ2v) is 7.71. The van der Waals surface area contributed by atoms with Gasteiger partial charge in [-0.2, -0.15) is 0 Å². The number of carbonyl (C=O) groups is 1. The van der Waals surface area contributed by atoms with Gasteiger partial charge in [-0.3, -0.25) is 4.79 Å². The van der Waals surface area contributed by atoms with E-state index in [4.69, 9.17) is 4.98 Å². The number of hydrogen-bond donors (Lipinski definition) is 1. The molecule has 1 aliphatic rings. The Kier molecular flexibility index (Phi) is 5.11. The summed E-state index contributed by atoms with van der Waals surface area (Å²) in [4.78, 5) is 17.4. The molecule has 0 radical (unpaired) electrons. The summed E-state index contributed by atoms with van der Waals surface area (Å²) in [6.45, 7) is 5.13. The molecule has 122 valence electrons. The summed E-state index contributed by atoms with van der Waals surface area (Å²) in [5.41, 5.74) is 1.04. The van der Waals surface area contributed by atoms with E-state index in [9.17, 15) is 4.79 Å². The van der Waals surface area contributed by atoms with Crippen molar-refractivity contribution < 1.29 is 4.79 Å². The molecule has 2 atom stereocenters. The average Bonchev–Trinajstić information content (AvgIpc) is 2.98. The van der Waals surface area contributed by atoms with Crippen molar-refractivity contribution >= 4 is 27.5 Å². The number of para-hydroxylation sites is 1. The number of amides is 1. The molecule has 2 unspecified atom stereocenters. The maximum absolute atomic E-state index is 12.6. The summed E-state index contributed by atoms with van der Waals surface area (Å²) in [5, 5.41) is 4.22. The van der Waals surface area contributed by atoms with Crippen LogP contribution in [0.3, 0.4) is 0 Å². The maximum Gasteiger partial charge on any atom is 0.224 e. The minimum atomic E-state index is 0.00715. The molecule has 1 amide bonds. The summed E-state index contributed by atoms with van der Waals surface area (Å²) in [7, 11) is 0. The SMILES string of the molecule is CC(C)CCNC(=O)C1CC=CCC1c1nc2ccccc2s1. The van der Waals surface area contributed by atoms with Crippen molar-refractivity contribution in [3.63, 3.8) is 0 Å². The van der Waals surface area contributed by atoms with Gasteiger partial charge in [0.25, 0.3) is 0 Å². The van der Waals surface area contributed by atoms with E-state index in [0.717, 1.165) is 36.3 Å². The number of carbonyl (C=O) groups excluding carboxylic acids is 1. The zero-order valence-electron chi connectivity index (χ0n) is 13.8. The highest BCUT2D eigenvalue weighted by Crippen LogP contribution is 2.38. The van der Waals surface area contributed by atoms with Crippen LogP contribution < -0.4 is 5.32 Å². The van der Waals surface area contributed by atoms with Crippen molar-refractivity contribution in [3.8, 4) is 0 Å². The van der Waals surface area contributed by atoms with Crippen LogP contribution in [0, 0.1) is 11.8 Å². The van der Waals surface area contributed by atoms with Crippen LogP contribution in [0.25, 0.3) is 10.2 Å². The molecule has 2 aromatic rings. The summed E-state index contributed by atoms with van der Waals surface area (Å²) in [6, 6.07) is 8.21. The average molecular weight is 328 g/mol. The molecule has 0 bridgehead atoms. The third-order valence-electron chi connectivity index (χ3n) is 4.42. The van der Waals surface area contributed by atoms with E-state index in [1.807, 2.05) is 18.2 Å². The molecule has 1 N–H and O–H groups in total. The fraction of sp³-hybridized carbons (Fsp3) is 0.474. The molecule has 1 aliphatic carbocycles. The first-order valence-corrected chi connectivity index (χ1v) is 9.25. The van der Waals surface area contributed by atoms with Gasteiger partial charge in [0, 0.05) is 12.5 Å². The topological polar surface area (TPSA) is 42.0 Å². The maximum atomic E-state index is 12.6. The van der Waals surface area contributed by atoms with E-state index in [1.54, 1.807) is 11.3 Å². The lowest BCUT2D eigenvalue weighted by molar-refractivity contribution is -0.125. The van der Waals surface area contributed by atoms with Crippen LogP contribution >= 0.6 is 11.3 Å². The van der Waals surface area contributed by atoms with Crippen LogP contribution in [0.2, 0.25) is 0 Å². The van der Waals surface area contributed by atoms with E-state index in [0.29, 0.717) is 5.92 Å². The molecule has 3 nitrogen and oxygen atoms in total. The molecule has 0 fully saturated rings. The van der Waals surface area contributed by atoms with Crippen LogP contribution in [0.15, 0.2) is 36.4 Å². The van der Waals surface area contributed by atoms with Crippen molar-refractivity contribution in [1.29, 1.82) is 0 Å². The highest BCUT2D eigenvalue weighted by Gasteiger charge is 2.32. The smallest absolute Gasteiger partial charge is 0.224 e. The van der Waals surface area contributed by atoms with E-state index in [1.165, 1.54) is 4.70 Å². The lowest BCUT2D eigenvalue weighted by atomic mass is 9.82. The molecule has 0 saturated heterocycles. The van der Waals surface area contributed by atoms with Crippen LogP contribution in [0.1, 0.15) is 44.0 Å². The Balaban J connectivity index is 1.76. The van der Waals surface area contributed by atoms with Gasteiger partial charge in [-0.1, -0.05) is 38.1 Å². The Morgan fingerprint density at radius 3 is 2.87 bits per heavy atom. The van der Waals surface area contributed by atoms with Crippen LogP contribution in [-0.4, -0.2) is 17.4 Å². The Labute approximate surface area is 141 Å². The molecular formula is C19H24N2OS. The summed E-state index contributed by atoms with van der Waals surface area (Å²) in [6.07, 6.45) is 7.07. The van der Waals surface area contributed by atoms with Crippen LogP contribution in [-0.2, 0) is 4.79 Å². The molecule has 23 heavy (non-hydrogen) atoms. The zero-order chi connectivity index (χ0) is 16.2. The number of benzene rings is 1. The van der Waals surface area contributed by atoms with Gasteiger partial charge in [-0.15, -0.1) is 11.3 Å². The van der Waals surface area contributed by atoms with Gasteiger partial charge < -0.3 is 5.32 Å². The molecule has 1 aromatic carbocycles. The molecule has 1 aromatic heterocycles. The first kappa shape index (κ1) is 16.2. The number of nitrogens with zero attached hydrogens (tertiary/aromatic N) is 1. The van der Waals surface area contributed by atoms with E-state index < -0.39 is 0 Å². The van der Waals surface area contributed by atoms with Gasteiger partial charge in [-0.05, 0) is 37.3 Å².